The van der Waals surface area contributed by atoms with Gasteiger partial charge in [0.25, 0.3) is 0 Å². The Labute approximate surface area is 130 Å². The number of carbonyl (C=O) groups is 1. The molecule has 0 fully saturated rings. The van der Waals surface area contributed by atoms with Gasteiger partial charge in [-0.25, -0.2) is 9.78 Å². The van der Waals surface area contributed by atoms with Gasteiger partial charge in [0.05, 0.1) is 11.6 Å². The fraction of sp³-hybridized carbons (Fsp3) is 0.500. The van der Waals surface area contributed by atoms with Crippen LogP contribution in [0.4, 0.5) is 4.79 Å². The minimum atomic E-state index is -1.83. The van der Waals surface area contributed by atoms with Crippen LogP contribution in [0.25, 0.3) is 0 Å². The van der Waals surface area contributed by atoms with E-state index in [-0.39, 0.29) is 17.6 Å². The van der Waals surface area contributed by atoms with Gasteiger partial charge in [0.15, 0.2) is 5.82 Å². The predicted molar refractivity (Wildman–Crippen MR) is 75.3 cm³/mol. The Morgan fingerprint density at radius 1 is 1.32 bits per heavy atom. The van der Waals surface area contributed by atoms with Crippen molar-refractivity contribution in [3.05, 3.63) is 17.1 Å². The van der Waals surface area contributed by atoms with E-state index in [1.54, 1.807) is 6.92 Å². The summed E-state index contributed by atoms with van der Waals surface area (Å²) in [7, 11) is 3.08. The molecule has 0 aliphatic rings. The molecule has 0 aliphatic heterocycles. The Morgan fingerprint density at radius 3 is 2.32 bits per heavy atom. The normalized spacial score (nSPS) is 11.3. The molecule has 5 nitrogen and oxygen atoms in total. The Balaban J connectivity index is 3.26. The minimum absolute atomic E-state index is 0.0191. The van der Waals surface area contributed by atoms with Crippen LogP contribution in [0.3, 0.4) is 0 Å². The maximum atomic E-state index is 11.5. The SMILES string of the molecule is Cc1c(CCl)nc(C(Cl)(Cl)Cl)nc1OC(=O)N(C)C. The number of nitrogens with zero attached hydrogens (tertiary/aromatic N) is 3. The summed E-state index contributed by atoms with van der Waals surface area (Å²) in [5.74, 6) is 0.000196. The van der Waals surface area contributed by atoms with E-state index in [1.807, 2.05) is 0 Å². The number of rotatable bonds is 2. The minimum Gasteiger partial charge on any atom is -0.391 e. The van der Waals surface area contributed by atoms with E-state index in [9.17, 15) is 4.79 Å². The van der Waals surface area contributed by atoms with Crippen molar-refractivity contribution in [2.24, 2.45) is 0 Å². The van der Waals surface area contributed by atoms with Gasteiger partial charge in [-0.1, -0.05) is 34.8 Å². The summed E-state index contributed by atoms with van der Waals surface area (Å²) >= 11 is 22.9. The number of halogens is 4. The van der Waals surface area contributed by atoms with E-state index >= 15 is 0 Å². The van der Waals surface area contributed by atoms with Crippen molar-refractivity contribution in [1.82, 2.24) is 14.9 Å². The van der Waals surface area contributed by atoms with Crippen LogP contribution in [0.15, 0.2) is 0 Å². The molecule has 0 atom stereocenters. The zero-order chi connectivity index (χ0) is 14.8. The summed E-state index contributed by atoms with van der Waals surface area (Å²) in [6, 6.07) is 0. The zero-order valence-corrected chi connectivity index (χ0v) is 13.4. The van der Waals surface area contributed by atoms with Gasteiger partial charge < -0.3 is 9.64 Å². The van der Waals surface area contributed by atoms with E-state index in [0.717, 1.165) is 0 Å². The van der Waals surface area contributed by atoms with Gasteiger partial charge in [-0.05, 0) is 6.92 Å². The highest BCUT2D eigenvalue weighted by Gasteiger charge is 2.29. The molecule has 0 bridgehead atoms. The first kappa shape index (κ1) is 16.6. The summed E-state index contributed by atoms with van der Waals surface area (Å²) in [5.41, 5.74) is 0.947. The number of alkyl halides is 4. The molecule has 0 saturated heterocycles. The van der Waals surface area contributed by atoms with Crippen molar-refractivity contribution in [2.75, 3.05) is 14.1 Å². The van der Waals surface area contributed by atoms with Crippen molar-refractivity contribution in [1.29, 1.82) is 0 Å². The molecule has 0 unspecified atom stereocenters. The van der Waals surface area contributed by atoms with E-state index in [1.165, 1.54) is 19.0 Å². The molecule has 0 spiro atoms. The van der Waals surface area contributed by atoms with E-state index < -0.39 is 9.89 Å². The van der Waals surface area contributed by atoms with Crippen LogP contribution in [-0.4, -0.2) is 35.1 Å². The van der Waals surface area contributed by atoms with Gasteiger partial charge in [0, 0.05) is 19.7 Å². The van der Waals surface area contributed by atoms with E-state index in [2.05, 4.69) is 9.97 Å². The number of ether oxygens (including phenoxy) is 1. The summed E-state index contributed by atoms with van der Waals surface area (Å²) in [6.45, 7) is 1.66. The van der Waals surface area contributed by atoms with Crippen LogP contribution in [0, 0.1) is 6.92 Å². The Bertz CT molecular complexity index is 488. The molecule has 1 rings (SSSR count). The molecule has 19 heavy (non-hydrogen) atoms. The lowest BCUT2D eigenvalue weighted by Crippen LogP contribution is -2.26. The molecule has 0 aliphatic carbocycles. The van der Waals surface area contributed by atoms with Crippen LogP contribution >= 0.6 is 46.4 Å². The quantitative estimate of drug-likeness (QED) is 0.770. The number of aromatic nitrogens is 2. The molecule has 9 heteroatoms. The Kier molecular flexibility index (Phi) is 5.50. The third-order valence-electron chi connectivity index (χ3n) is 2.13. The molecular weight excluding hydrogens is 336 g/mol. The highest BCUT2D eigenvalue weighted by Crippen LogP contribution is 2.37. The standard InChI is InChI=1S/C10H11Cl4N3O2/c1-5-6(4-11)15-8(10(12,13)14)16-7(5)19-9(18)17(2)3/h4H2,1-3H3. The second-order valence-electron chi connectivity index (χ2n) is 3.82. The monoisotopic (exact) mass is 345 g/mol. The van der Waals surface area contributed by atoms with Crippen molar-refractivity contribution in [3.63, 3.8) is 0 Å². The van der Waals surface area contributed by atoms with Crippen molar-refractivity contribution in [3.8, 4) is 5.88 Å². The largest absolute Gasteiger partial charge is 0.416 e. The molecule has 0 aromatic carbocycles. The fourth-order valence-electron chi connectivity index (χ4n) is 1.07. The van der Waals surface area contributed by atoms with Gasteiger partial charge in [-0.15, -0.1) is 11.6 Å². The Morgan fingerprint density at radius 2 is 1.89 bits per heavy atom. The number of amides is 1. The molecule has 1 heterocycles. The van der Waals surface area contributed by atoms with Gasteiger partial charge in [0.1, 0.15) is 0 Å². The van der Waals surface area contributed by atoms with Gasteiger partial charge >= 0.3 is 6.09 Å². The molecule has 1 amide bonds. The van der Waals surface area contributed by atoms with Gasteiger partial charge in [0.2, 0.25) is 9.67 Å². The van der Waals surface area contributed by atoms with Crippen molar-refractivity contribution in [2.45, 2.75) is 16.6 Å². The first-order valence-corrected chi connectivity index (χ1v) is 6.73. The molecule has 0 radical (unpaired) electrons. The molecular formula is C10H11Cl4N3O2. The van der Waals surface area contributed by atoms with Crippen LogP contribution < -0.4 is 4.74 Å². The maximum Gasteiger partial charge on any atom is 0.416 e. The summed E-state index contributed by atoms with van der Waals surface area (Å²) in [6.07, 6.45) is -0.599. The number of hydrogen-bond acceptors (Lipinski definition) is 4. The lowest BCUT2D eigenvalue weighted by Gasteiger charge is -2.16. The van der Waals surface area contributed by atoms with Crippen LogP contribution in [0.2, 0.25) is 0 Å². The summed E-state index contributed by atoms with van der Waals surface area (Å²) < 4.78 is 3.26. The predicted octanol–water partition coefficient (Wildman–Crippen LogP) is 3.41. The van der Waals surface area contributed by atoms with Crippen molar-refractivity contribution < 1.29 is 9.53 Å². The van der Waals surface area contributed by atoms with Gasteiger partial charge in [-0.2, -0.15) is 4.98 Å². The lowest BCUT2D eigenvalue weighted by molar-refractivity contribution is 0.169. The average molecular weight is 347 g/mol. The van der Waals surface area contributed by atoms with Crippen LogP contribution in [-0.2, 0) is 9.67 Å². The lowest BCUT2D eigenvalue weighted by atomic mass is 10.2. The van der Waals surface area contributed by atoms with E-state index in [4.69, 9.17) is 51.1 Å². The topological polar surface area (TPSA) is 55.3 Å². The van der Waals surface area contributed by atoms with Crippen LogP contribution in [0.1, 0.15) is 17.1 Å². The average Bonchev–Trinajstić information content (AvgIpc) is 2.29. The van der Waals surface area contributed by atoms with Gasteiger partial charge in [-0.3, -0.25) is 0 Å². The third kappa shape index (κ3) is 4.24. The maximum absolute atomic E-state index is 11.5. The molecule has 1 aromatic rings. The highest BCUT2D eigenvalue weighted by molar-refractivity contribution is 6.66. The fourth-order valence-corrected chi connectivity index (χ4v) is 1.58. The molecule has 1 aromatic heterocycles. The van der Waals surface area contributed by atoms with E-state index in [0.29, 0.717) is 11.3 Å². The second kappa shape index (κ2) is 6.31. The number of hydrogen-bond donors (Lipinski definition) is 0. The first-order chi connectivity index (χ1) is 8.66. The molecule has 0 saturated carbocycles. The highest BCUT2D eigenvalue weighted by atomic mass is 35.6. The second-order valence-corrected chi connectivity index (χ2v) is 6.37. The Hall–Kier alpha value is -0.490. The summed E-state index contributed by atoms with van der Waals surface area (Å²) in [5, 5.41) is 0. The molecule has 106 valence electrons. The number of carbonyl (C=O) groups excluding carboxylic acids is 1. The smallest absolute Gasteiger partial charge is 0.391 e. The zero-order valence-electron chi connectivity index (χ0n) is 10.4. The first-order valence-electron chi connectivity index (χ1n) is 5.06. The third-order valence-corrected chi connectivity index (χ3v) is 2.89. The van der Waals surface area contributed by atoms with Crippen LogP contribution in [0.5, 0.6) is 5.88 Å². The summed E-state index contributed by atoms with van der Waals surface area (Å²) in [4.78, 5) is 20.8. The molecule has 0 N–H and O–H groups in total. The van der Waals surface area contributed by atoms with Crippen molar-refractivity contribution >= 4 is 52.5 Å².